The van der Waals surface area contributed by atoms with Gasteiger partial charge in [0.05, 0.1) is 36.9 Å². The van der Waals surface area contributed by atoms with Crippen LogP contribution >= 0.6 is 0 Å². The molecule has 0 aliphatic heterocycles. The van der Waals surface area contributed by atoms with Crippen LogP contribution in [0.1, 0.15) is 21.7 Å². The molecule has 0 aliphatic carbocycles. The predicted molar refractivity (Wildman–Crippen MR) is 106 cm³/mol. The first-order valence-corrected chi connectivity index (χ1v) is 8.65. The molecule has 1 amide bonds. The monoisotopic (exact) mass is 379 g/mol. The number of nitrogens with one attached hydrogen (secondary N) is 1. The van der Waals surface area contributed by atoms with Crippen LogP contribution in [0.4, 0.5) is 5.69 Å². The Labute approximate surface area is 162 Å². The number of hydrogen-bond acceptors (Lipinski definition) is 5. The highest BCUT2D eigenvalue weighted by atomic mass is 16.5. The molecule has 0 unspecified atom stereocenters. The van der Waals surface area contributed by atoms with E-state index in [0.717, 1.165) is 5.69 Å². The smallest absolute Gasteiger partial charge is 0.296 e. The fourth-order valence-corrected chi connectivity index (χ4v) is 3.01. The lowest BCUT2D eigenvalue weighted by Gasteiger charge is -2.10. The molecule has 0 saturated carbocycles. The van der Waals surface area contributed by atoms with Crippen molar-refractivity contribution in [3.8, 4) is 17.2 Å². The first-order chi connectivity index (χ1) is 13.5. The Bertz CT molecular complexity index is 1030. The summed E-state index contributed by atoms with van der Waals surface area (Å²) in [6, 6.07) is 14.3. The Morgan fingerprint density at radius 3 is 2.29 bits per heavy atom. The number of rotatable bonds is 6. The number of aryl methyl sites for hydroxylation is 1. The quantitative estimate of drug-likeness (QED) is 0.525. The fourth-order valence-electron chi connectivity index (χ4n) is 3.01. The molecule has 2 aromatic carbocycles. The van der Waals surface area contributed by atoms with Crippen LogP contribution in [0.3, 0.4) is 0 Å². The van der Waals surface area contributed by atoms with Gasteiger partial charge in [0.25, 0.3) is 11.7 Å². The SMILES string of the molecule is COc1ccc(NC(=O)C(=O)c2c(C)nn(-c3ccccc3)c2C)cc1OC. The van der Waals surface area contributed by atoms with Gasteiger partial charge in [-0.3, -0.25) is 9.59 Å². The molecule has 0 spiro atoms. The number of aromatic nitrogens is 2. The minimum atomic E-state index is -0.744. The van der Waals surface area contributed by atoms with E-state index < -0.39 is 11.7 Å². The average molecular weight is 379 g/mol. The molecule has 0 aliphatic rings. The highest BCUT2D eigenvalue weighted by Gasteiger charge is 2.25. The summed E-state index contributed by atoms with van der Waals surface area (Å²) in [5, 5.41) is 7.03. The van der Waals surface area contributed by atoms with E-state index in [1.165, 1.54) is 14.2 Å². The lowest BCUT2D eigenvalue weighted by molar-refractivity contribution is -0.112. The highest BCUT2D eigenvalue weighted by molar-refractivity contribution is 6.47. The number of ether oxygens (including phenoxy) is 2. The molecule has 0 saturated heterocycles. The maximum absolute atomic E-state index is 12.8. The number of nitrogens with zero attached hydrogens (tertiary/aromatic N) is 2. The third kappa shape index (κ3) is 3.59. The van der Waals surface area contributed by atoms with Crippen LogP contribution in [0.5, 0.6) is 11.5 Å². The summed E-state index contributed by atoms with van der Waals surface area (Å²) in [5.41, 5.74) is 2.65. The van der Waals surface area contributed by atoms with Gasteiger partial charge >= 0.3 is 0 Å². The van der Waals surface area contributed by atoms with E-state index in [1.54, 1.807) is 36.7 Å². The van der Waals surface area contributed by atoms with Crippen molar-refractivity contribution in [2.24, 2.45) is 0 Å². The van der Waals surface area contributed by atoms with Gasteiger partial charge in [0.1, 0.15) is 0 Å². The largest absolute Gasteiger partial charge is 0.493 e. The molecular weight excluding hydrogens is 358 g/mol. The van der Waals surface area contributed by atoms with E-state index in [0.29, 0.717) is 34.1 Å². The molecule has 3 rings (SSSR count). The first kappa shape index (κ1) is 19.2. The summed E-state index contributed by atoms with van der Waals surface area (Å²) in [5.74, 6) is -0.405. The number of hydrogen-bond donors (Lipinski definition) is 1. The van der Waals surface area contributed by atoms with Crippen LogP contribution < -0.4 is 14.8 Å². The van der Waals surface area contributed by atoms with Gasteiger partial charge < -0.3 is 14.8 Å². The molecule has 3 aromatic rings. The lowest BCUT2D eigenvalue weighted by atomic mass is 10.1. The summed E-state index contributed by atoms with van der Waals surface area (Å²) in [6.07, 6.45) is 0. The third-order valence-corrected chi connectivity index (χ3v) is 4.37. The number of Topliss-reactive ketones (excluding diaryl/α,β-unsaturated/α-hetero) is 1. The van der Waals surface area contributed by atoms with E-state index in [-0.39, 0.29) is 0 Å². The molecule has 0 bridgehead atoms. The first-order valence-electron chi connectivity index (χ1n) is 8.65. The number of para-hydroxylation sites is 1. The minimum Gasteiger partial charge on any atom is -0.493 e. The van der Waals surface area contributed by atoms with Crippen molar-refractivity contribution >= 4 is 17.4 Å². The van der Waals surface area contributed by atoms with Crippen molar-refractivity contribution < 1.29 is 19.1 Å². The van der Waals surface area contributed by atoms with Gasteiger partial charge in [-0.1, -0.05) is 18.2 Å². The van der Waals surface area contributed by atoms with Gasteiger partial charge in [-0.25, -0.2) is 4.68 Å². The van der Waals surface area contributed by atoms with Gasteiger partial charge in [-0.15, -0.1) is 0 Å². The second kappa shape index (κ2) is 7.96. The van der Waals surface area contributed by atoms with E-state index >= 15 is 0 Å². The number of carbonyl (C=O) groups is 2. The van der Waals surface area contributed by atoms with E-state index in [9.17, 15) is 9.59 Å². The van der Waals surface area contributed by atoms with Crippen LogP contribution in [0.15, 0.2) is 48.5 Å². The normalized spacial score (nSPS) is 10.4. The molecular formula is C21H21N3O4. The molecule has 28 heavy (non-hydrogen) atoms. The van der Waals surface area contributed by atoms with Crippen molar-refractivity contribution in [1.82, 2.24) is 9.78 Å². The van der Waals surface area contributed by atoms with Gasteiger partial charge in [0.15, 0.2) is 11.5 Å². The van der Waals surface area contributed by atoms with Gasteiger partial charge in [-0.05, 0) is 38.1 Å². The topological polar surface area (TPSA) is 82.5 Å². The van der Waals surface area contributed by atoms with Gasteiger partial charge in [-0.2, -0.15) is 5.10 Å². The molecule has 1 N–H and O–H groups in total. The standard InChI is InChI=1S/C21H21N3O4/c1-13-19(14(2)24(23-13)16-8-6-5-7-9-16)20(25)21(26)22-15-10-11-17(27-3)18(12-15)28-4/h5-12H,1-4H3,(H,22,26). The van der Waals surface area contributed by atoms with Crippen molar-refractivity contribution in [1.29, 1.82) is 0 Å². The predicted octanol–water partition coefficient (Wildman–Crippen LogP) is 3.33. The third-order valence-electron chi connectivity index (χ3n) is 4.37. The van der Waals surface area contributed by atoms with Crippen LogP contribution in [-0.4, -0.2) is 35.7 Å². The van der Waals surface area contributed by atoms with Crippen molar-refractivity contribution in [3.05, 3.63) is 65.5 Å². The summed E-state index contributed by atoms with van der Waals surface area (Å²) < 4.78 is 12.1. The zero-order valence-corrected chi connectivity index (χ0v) is 16.1. The molecule has 7 heteroatoms. The summed E-state index contributed by atoms with van der Waals surface area (Å²) in [6.45, 7) is 3.48. The second-order valence-electron chi connectivity index (χ2n) is 6.15. The van der Waals surface area contributed by atoms with Crippen LogP contribution in [0.25, 0.3) is 5.69 Å². The summed E-state index contributed by atoms with van der Waals surface area (Å²) in [7, 11) is 3.02. The van der Waals surface area contributed by atoms with E-state index in [2.05, 4.69) is 10.4 Å². The number of ketones is 1. The van der Waals surface area contributed by atoms with E-state index in [4.69, 9.17) is 9.47 Å². The number of benzene rings is 2. The van der Waals surface area contributed by atoms with Gasteiger partial charge in [0.2, 0.25) is 0 Å². The van der Waals surface area contributed by atoms with Crippen LogP contribution in [-0.2, 0) is 4.79 Å². The number of amides is 1. The Balaban J connectivity index is 1.86. The Morgan fingerprint density at radius 1 is 0.964 bits per heavy atom. The zero-order valence-electron chi connectivity index (χ0n) is 16.1. The van der Waals surface area contributed by atoms with Crippen molar-refractivity contribution in [2.45, 2.75) is 13.8 Å². The number of carbonyl (C=O) groups excluding carboxylic acids is 2. The Hall–Kier alpha value is -3.61. The molecule has 0 fully saturated rings. The average Bonchev–Trinajstić information content (AvgIpc) is 3.01. The zero-order chi connectivity index (χ0) is 20.3. The Kier molecular flexibility index (Phi) is 5.44. The Morgan fingerprint density at radius 2 is 1.64 bits per heavy atom. The van der Waals surface area contributed by atoms with Crippen molar-refractivity contribution in [2.75, 3.05) is 19.5 Å². The van der Waals surface area contributed by atoms with Crippen LogP contribution in [0.2, 0.25) is 0 Å². The van der Waals surface area contributed by atoms with Crippen LogP contribution in [0, 0.1) is 13.8 Å². The lowest BCUT2D eigenvalue weighted by Crippen LogP contribution is -2.24. The molecule has 144 valence electrons. The highest BCUT2D eigenvalue weighted by Crippen LogP contribution is 2.30. The number of methoxy groups -OCH3 is 2. The van der Waals surface area contributed by atoms with Gasteiger partial charge in [0, 0.05) is 11.8 Å². The number of anilines is 1. The molecule has 7 nitrogen and oxygen atoms in total. The summed E-state index contributed by atoms with van der Waals surface area (Å²) >= 11 is 0. The van der Waals surface area contributed by atoms with Crippen molar-refractivity contribution in [3.63, 3.8) is 0 Å². The van der Waals surface area contributed by atoms with E-state index in [1.807, 2.05) is 30.3 Å². The molecule has 0 atom stereocenters. The minimum absolute atomic E-state index is 0.293. The summed E-state index contributed by atoms with van der Waals surface area (Å²) in [4.78, 5) is 25.3. The molecule has 1 aromatic heterocycles. The maximum atomic E-state index is 12.8. The maximum Gasteiger partial charge on any atom is 0.296 e. The second-order valence-corrected chi connectivity index (χ2v) is 6.15. The molecule has 1 heterocycles. The fraction of sp³-hybridized carbons (Fsp3) is 0.190. The molecule has 0 radical (unpaired) electrons.